The summed E-state index contributed by atoms with van der Waals surface area (Å²) < 4.78 is 5.21. The van der Waals surface area contributed by atoms with E-state index in [0.717, 1.165) is 5.56 Å². The van der Waals surface area contributed by atoms with Crippen molar-refractivity contribution in [2.45, 2.75) is 13.0 Å². The molecule has 0 spiro atoms. The lowest BCUT2D eigenvalue weighted by atomic mass is 10.1. The molecule has 1 aromatic carbocycles. The summed E-state index contributed by atoms with van der Waals surface area (Å²) in [6.45, 7) is 1.67. The average Bonchev–Trinajstić information content (AvgIpc) is 2.16. The number of carbonyl (C=O) groups excluding carboxylic acids is 1. The summed E-state index contributed by atoms with van der Waals surface area (Å²) in [5.41, 5.74) is 1.21. The zero-order valence-electron chi connectivity index (χ0n) is 7.95. The summed E-state index contributed by atoms with van der Waals surface area (Å²) in [7, 11) is 1.33. The summed E-state index contributed by atoms with van der Waals surface area (Å²) in [5, 5.41) is 9.30. The lowest BCUT2D eigenvalue weighted by molar-refractivity contribution is 0.0599. The number of halogens is 1. The SMILES string of the molecule is COC(=O)c1ccc([C@@H](C)O)cc1Br. The summed E-state index contributed by atoms with van der Waals surface area (Å²) in [4.78, 5) is 11.2. The lowest BCUT2D eigenvalue weighted by Crippen LogP contribution is -2.03. The number of carbonyl (C=O) groups is 1. The van der Waals surface area contributed by atoms with Crippen LogP contribution in [-0.2, 0) is 4.74 Å². The molecule has 4 heteroatoms. The fourth-order valence-electron chi connectivity index (χ4n) is 1.07. The highest BCUT2D eigenvalue weighted by Gasteiger charge is 2.11. The molecule has 0 aliphatic heterocycles. The quantitative estimate of drug-likeness (QED) is 0.829. The third-order valence-corrected chi connectivity index (χ3v) is 2.54. The highest BCUT2D eigenvalue weighted by atomic mass is 79.9. The van der Waals surface area contributed by atoms with Crippen LogP contribution in [0.25, 0.3) is 0 Å². The average molecular weight is 259 g/mol. The molecule has 14 heavy (non-hydrogen) atoms. The maximum absolute atomic E-state index is 11.2. The zero-order valence-corrected chi connectivity index (χ0v) is 9.54. The smallest absolute Gasteiger partial charge is 0.339 e. The fraction of sp³-hybridized carbons (Fsp3) is 0.300. The van der Waals surface area contributed by atoms with Crippen molar-refractivity contribution in [1.82, 2.24) is 0 Å². The second kappa shape index (κ2) is 4.57. The lowest BCUT2D eigenvalue weighted by Gasteiger charge is -2.07. The number of ether oxygens (including phenoxy) is 1. The number of aliphatic hydroxyl groups excluding tert-OH is 1. The van der Waals surface area contributed by atoms with E-state index in [0.29, 0.717) is 10.0 Å². The molecule has 0 saturated carbocycles. The molecule has 0 unspecified atom stereocenters. The molecule has 1 atom stereocenters. The standard InChI is InChI=1S/C10H11BrO3/c1-6(12)7-3-4-8(9(11)5-7)10(13)14-2/h3-6,12H,1-2H3/t6-/m1/s1. The van der Waals surface area contributed by atoms with Gasteiger partial charge in [-0.15, -0.1) is 0 Å². The van der Waals surface area contributed by atoms with Crippen LogP contribution in [0.3, 0.4) is 0 Å². The van der Waals surface area contributed by atoms with Gasteiger partial charge >= 0.3 is 5.97 Å². The molecule has 0 saturated heterocycles. The highest BCUT2D eigenvalue weighted by Crippen LogP contribution is 2.22. The van der Waals surface area contributed by atoms with Crippen molar-refractivity contribution in [3.05, 3.63) is 33.8 Å². The van der Waals surface area contributed by atoms with Gasteiger partial charge in [0.1, 0.15) is 0 Å². The molecule has 76 valence electrons. The minimum atomic E-state index is -0.544. The molecule has 0 bridgehead atoms. The van der Waals surface area contributed by atoms with E-state index in [1.165, 1.54) is 7.11 Å². The van der Waals surface area contributed by atoms with Gasteiger partial charge in [0.15, 0.2) is 0 Å². The van der Waals surface area contributed by atoms with Crippen LogP contribution < -0.4 is 0 Å². The third kappa shape index (κ3) is 2.33. The number of aliphatic hydroxyl groups is 1. The van der Waals surface area contributed by atoms with E-state index in [1.54, 1.807) is 25.1 Å². The van der Waals surface area contributed by atoms with Gasteiger partial charge in [-0.05, 0) is 40.5 Å². The maximum Gasteiger partial charge on any atom is 0.339 e. The molecule has 1 N–H and O–H groups in total. The molecule has 0 fully saturated rings. The van der Waals surface area contributed by atoms with E-state index in [1.807, 2.05) is 0 Å². The first-order chi connectivity index (χ1) is 6.56. The second-order valence-electron chi connectivity index (χ2n) is 2.91. The largest absolute Gasteiger partial charge is 0.465 e. The predicted octanol–water partition coefficient (Wildman–Crippen LogP) is 2.29. The number of hydrogen-bond acceptors (Lipinski definition) is 3. The molecular formula is C10H11BrO3. The molecule has 0 aliphatic rings. The Morgan fingerprint density at radius 1 is 1.57 bits per heavy atom. The van der Waals surface area contributed by atoms with Crippen LogP contribution in [-0.4, -0.2) is 18.2 Å². The molecule has 0 amide bonds. The molecule has 0 aliphatic carbocycles. The molecule has 3 nitrogen and oxygen atoms in total. The van der Waals surface area contributed by atoms with Gasteiger partial charge in [-0.2, -0.15) is 0 Å². The van der Waals surface area contributed by atoms with Gasteiger partial charge in [-0.3, -0.25) is 0 Å². The number of rotatable bonds is 2. The molecular weight excluding hydrogens is 248 g/mol. The summed E-state index contributed by atoms with van der Waals surface area (Å²) in [6.07, 6.45) is -0.544. The molecule has 1 rings (SSSR count). The fourth-order valence-corrected chi connectivity index (χ4v) is 1.63. The maximum atomic E-state index is 11.2. The van der Waals surface area contributed by atoms with Crippen molar-refractivity contribution in [3.8, 4) is 0 Å². The first-order valence-electron chi connectivity index (χ1n) is 4.12. The molecule has 0 radical (unpaired) electrons. The minimum absolute atomic E-state index is 0.394. The van der Waals surface area contributed by atoms with E-state index >= 15 is 0 Å². The van der Waals surface area contributed by atoms with Gasteiger partial charge in [-0.25, -0.2) is 4.79 Å². The zero-order chi connectivity index (χ0) is 10.7. The van der Waals surface area contributed by atoms with E-state index < -0.39 is 12.1 Å². The second-order valence-corrected chi connectivity index (χ2v) is 3.76. The number of benzene rings is 1. The third-order valence-electron chi connectivity index (χ3n) is 1.88. The number of hydrogen-bond donors (Lipinski definition) is 1. The van der Waals surface area contributed by atoms with Crippen LogP contribution in [0.1, 0.15) is 28.9 Å². The van der Waals surface area contributed by atoms with E-state index in [4.69, 9.17) is 0 Å². The van der Waals surface area contributed by atoms with Crippen LogP contribution in [0.2, 0.25) is 0 Å². The Hall–Kier alpha value is -0.870. The Morgan fingerprint density at radius 2 is 2.21 bits per heavy atom. The van der Waals surface area contributed by atoms with Gasteiger partial charge in [-0.1, -0.05) is 6.07 Å². The van der Waals surface area contributed by atoms with Crippen LogP contribution in [0.15, 0.2) is 22.7 Å². The normalized spacial score (nSPS) is 12.3. The van der Waals surface area contributed by atoms with Crippen LogP contribution in [0.4, 0.5) is 0 Å². The Labute approximate surface area is 90.8 Å². The van der Waals surface area contributed by atoms with Gasteiger partial charge in [0.2, 0.25) is 0 Å². The topological polar surface area (TPSA) is 46.5 Å². The first-order valence-corrected chi connectivity index (χ1v) is 4.91. The Balaban J connectivity index is 3.07. The van der Waals surface area contributed by atoms with Crippen molar-refractivity contribution in [2.24, 2.45) is 0 Å². The predicted molar refractivity (Wildman–Crippen MR) is 56.1 cm³/mol. The van der Waals surface area contributed by atoms with Crippen molar-refractivity contribution in [1.29, 1.82) is 0 Å². The number of esters is 1. The van der Waals surface area contributed by atoms with Crippen LogP contribution in [0.5, 0.6) is 0 Å². The molecule has 0 aromatic heterocycles. The van der Waals surface area contributed by atoms with Gasteiger partial charge < -0.3 is 9.84 Å². The van der Waals surface area contributed by atoms with E-state index in [2.05, 4.69) is 20.7 Å². The summed E-state index contributed by atoms with van der Waals surface area (Å²) >= 11 is 3.24. The van der Waals surface area contributed by atoms with Gasteiger partial charge in [0.25, 0.3) is 0 Å². The van der Waals surface area contributed by atoms with Gasteiger partial charge in [0.05, 0.1) is 18.8 Å². The number of methoxy groups -OCH3 is 1. The first kappa shape index (κ1) is 11.2. The summed E-state index contributed by atoms with van der Waals surface area (Å²) in [6, 6.07) is 5.02. The molecule has 0 heterocycles. The van der Waals surface area contributed by atoms with Crippen molar-refractivity contribution in [3.63, 3.8) is 0 Å². The Kier molecular flexibility index (Phi) is 3.66. The Bertz CT molecular complexity index is 347. The Morgan fingerprint density at radius 3 is 2.64 bits per heavy atom. The highest BCUT2D eigenvalue weighted by molar-refractivity contribution is 9.10. The molecule has 1 aromatic rings. The monoisotopic (exact) mass is 258 g/mol. The van der Waals surface area contributed by atoms with E-state index in [-0.39, 0.29) is 0 Å². The van der Waals surface area contributed by atoms with Crippen molar-refractivity contribution in [2.75, 3.05) is 7.11 Å². The van der Waals surface area contributed by atoms with Crippen LogP contribution >= 0.6 is 15.9 Å². The van der Waals surface area contributed by atoms with Crippen molar-refractivity contribution < 1.29 is 14.6 Å². The van der Waals surface area contributed by atoms with Crippen LogP contribution in [0, 0.1) is 0 Å². The van der Waals surface area contributed by atoms with Crippen molar-refractivity contribution >= 4 is 21.9 Å². The summed E-state index contributed by atoms with van der Waals surface area (Å²) in [5.74, 6) is -0.394. The van der Waals surface area contributed by atoms with Gasteiger partial charge in [0, 0.05) is 4.47 Å². The minimum Gasteiger partial charge on any atom is -0.465 e. The van der Waals surface area contributed by atoms with E-state index in [9.17, 15) is 9.90 Å².